The summed E-state index contributed by atoms with van der Waals surface area (Å²) in [6, 6.07) is 22.0. The predicted molar refractivity (Wildman–Crippen MR) is 94.9 cm³/mol. The van der Waals surface area contributed by atoms with E-state index in [4.69, 9.17) is 5.73 Å². The van der Waals surface area contributed by atoms with Crippen molar-refractivity contribution >= 4 is 18.4 Å². The van der Waals surface area contributed by atoms with Crippen LogP contribution >= 0.6 is 0 Å². The monoisotopic (exact) mass is 298 g/mol. The van der Waals surface area contributed by atoms with Crippen LogP contribution in [0.25, 0.3) is 0 Å². The van der Waals surface area contributed by atoms with Gasteiger partial charge in [0.2, 0.25) is 0 Å². The van der Waals surface area contributed by atoms with Gasteiger partial charge in [-0.2, -0.15) is 0 Å². The Hall–Kier alpha value is -1.42. The molecule has 0 bridgehead atoms. The van der Waals surface area contributed by atoms with E-state index >= 15 is 0 Å². The summed E-state index contributed by atoms with van der Waals surface area (Å²) in [5, 5.41) is 6.30. The van der Waals surface area contributed by atoms with Crippen molar-refractivity contribution < 1.29 is 0 Å². The highest BCUT2D eigenvalue weighted by molar-refractivity contribution is 7.02. The highest BCUT2D eigenvalue weighted by Gasteiger charge is 2.37. The van der Waals surface area contributed by atoms with Gasteiger partial charge >= 0.3 is 0 Å². The van der Waals surface area contributed by atoms with E-state index < -0.39 is 8.07 Å². The first-order valence-electron chi connectivity index (χ1n) is 7.65. The van der Waals surface area contributed by atoms with Gasteiger partial charge in [0.15, 0.2) is 0 Å². The summed E-state index contributed by atoms with van der Waals surface area (Å²) in [4.78, 5) is 0. The van der Waals surface area contributed by atoms with Crippen LogP contribution in [-0.2, 0) is 0 Å². The molecule has 0 aromatic heterocycles. The van der Waals surface area contributed by atoms with Crippen LogP contribution < -0.4 is 21.4 Å². The maximum atomic E-state index is 6.66. The molecule has 3 heteroatoms. The van der Waals surface area contributed by atoms with Gasteiger partial charge in [-0.05, 0) is 0 Å². The second kappa shape index (κ2) is 7.03. The van der Waals surface area contributed by atoms with Crippen molar-refractivity contribution in [3.8, 4) is 0 Å². The van der Waals surface area contributed by atoms with E-state index in [-0.39, 0.29) is 5.67 Å². The number of benzene rings is 2. The number of nitrogens with two attached hydrogens (primary N) is 1. The van der Waals surface area contributed by atoms with Gasteiger partial charge in [-0.1, -0.05) is 91.4 Å². The molecule has 21 heavy (non-hydrogen) atoms. The summed E-state index contributed by atoms with van der Waals surface area (Å²) in [5.41, 5.74) is 6.81. The van der Waals surface area contributed by atoms with E-state index in [0.29, 0.717) is 6.04 Å². The lowest BCUT2D eigenvalue weighted by Gasteiger charge is -2.35. The molecule has 0 unspecified atom stereocenters. The van der Waals surface area contributed by atoms with Crippen molar-refractivity contribution in [3.05, 3.63) is 60.7 Å². The Morgan fingerprint density at radius 2 is 1.33 bits per heavy atom. The Kier molecular flexibility index (Phi) is 5.34. The second-order valence-electron chi connectivity index (χ2n) is 6.10. The maximum Gasteiger partial charge on any atom is 0.132 e. The molecule has 1 atom stereocenters. The summed E-state index contributed by atoms with van der Waals surface area (Å²) < 4.78 is 0. The summed E-state index contributed by atoms with van der Waals surface area (Å²) in [6.07, 6.45) is 0. The first-order valence-corrected chi connectivity index (χ1v) is 10.2. The molecule has 0 heterocycles. The zero-order valence-electron chi connectivity index (χ0n) is 13.2. The van der Waals surface area contributed by atoms with Gasteiger partial charge in [0.25, 0.3) is 0 Å². The Labute approximate surface area is 129 Å². The Morgan fingerprint density at radius 1 is 0.905 bits per heavy atom. The SMILES string of the molecule is CC(C)NC[C@@H](N)[Si](C)(c1ccccc1)c1ccccc1. The van der Waals surface area contributed by atoms with Crippen molar-refractivity contribution in [1.29, 1.82) is 0 Å². The fourth-order valence-corrected chi connectivity index (χ4v) is 6.22. The topological polar surface area (TPSA) is 38.0 Å². The zero-order valence-corrected chi connectivity index (χ0v) is 14.2. The summed E-state index contributed by atoms with van der Waals surface area (Å²) in [6.45, 7) is 7.56. The van der Waals surface area contributed by atoms with Gasteiger partial charge in [-0.15, -0.1) is 0 Å². The van der Waals surface area contributed by atoms with Crippen LogP contribution in [0.2, 0.25) is 6.55 Å². The lowest BCUT2D eigenvalue weighted by atomic mass is 10.4. The molecule has 0 spiro atoms. The van der Waals surface area contributed by atoms with Gasteiger partial charge in [-0.25, -0.2) is 0 Å². The van der Waals surface area contributed by atoms with Crippen LogP contribution in [0.15, 0.2) is 60.7 Å². The van der Waals surface area contributed by atoms with E-state index in [9.17, 15) is 0 Å². The van der Waals surface area contributed by atoms with Crippen LogP contribution in [0, 0.1) is 0 Å². The molecule has 0 amide bonds. The summed E-state index contributed by atoms with van der Waals surface area (Å²) in [5.74, 6) is 0. The van der Waals surface area contributed by atoms with Crippen LogP contribution in [0.5, 0.6) is 0 Å². The summed E-state index contributed by atoms with van der Waals surface area (Å²) >= 11 is 0. The molecule has 0 saturated heterocycles. The average Bonchev–Trinajstić information content (AvgIpc) is 2.53. The molecular formula is C18H26N2Si. The molecule has 2 aromatic carbocycles. The van der Waals surface area contributed by atoms with Crippen molar-refractivity contribution in [2.75, 3.05) is 6.54 Å². The standard InChI is InChI=1S/C18H26N2Si/c1-15(2)20-14-18(19)21(3,16-10-6-4-7-11-16)17-12-8-5-9-13-17/h4-13,15,18,20H,14,19H2,1-3H3/t18-/m0/s1. The number of hydrogen-bond acceptors (Lipinski definition) is 2. The van der Waals surface area contributed by atoms with Crippen LogP contribution in [0.1, 0.15) is 13.8 Å². The normalized spacial score (nSPS) is 13.4. The Balaban J connectivity index is 2.40. The number of hydrogen-bond donors (Lipinski definition) is 2. The smallest absolute Gasteiger partial charge is 0.132 e. The molecule has 112 valence electrons. The Morgan fingerprint density at radius 3 is 1.71 bits per heavy atom. The molecule has 2 aromatic rings. The van der Waals surface area contributed by atoms with Crippen molar-refractivity contribution in [3.63, 3.8) is 0 Å². The van der Waals surface area contributed by atoms with Crippen molar-refractivity contribution in [2.45, 2.75) is 32.1 Å². The van der Waals surface area contributed by atoms with Crippen molar-refractivity contribution in [2.24, 2.45) is 5.73 Å². The largest absolute Gasteiger partial charge is 0.328 e. The molecule has 0 aliphatic rings. The van der Waals surface area contributed by atoms with Crippen LogP contribution in [-0.4, -0.2) is 26.3 Å². The average molecular weight is 299 g/mol. The molecule has 0 aliphatic carbocycles. The molecule has 2 nitrogen and oxygen atoms in total. The van der Waals surface area contributed by atoms with E-state index in [1.54, 1.807) is 0 Å². The lowest BCUT2D eigenvalue weighted by molar-refractivity contribution is 0.576. The van der Waals surface area contributed by atoms with Crippen molar-refractivity contribution in [1.82, 2.24) is 5.32 Å². The first kappa shape index (κ1) is 16.0. The minimum Gasteiger partial charge on any atom is -0.328 e. The van der Waals surface area contributed by atoms with E-state index in [1.165, 1.54) is 10.4 Å². The first-order chi connectivity index (χ1) is 10.0. The molecule has 0 aliphatic heterocycles. The fraction of sp³-hybridized carbons (Fsp3) is 0.333. The fourth-order valence-electron chi connectivity index (χ4n) is 2.73. The lowest BCUT2D eigenvalue weighted by Crippen LogP contribution is -2.69. The molecule has 3 N–H and O–H groups in total. The van der Waals surface area contributed by atoms with Crippen LogP contribution in [0.3, 0.4) is 0 Å². The van der Waals surface area contributed by atoms with Gasteiger partial charge in [0, 0.05) is 18.3 Å². The number of nitrogens with one attached hydrogen (secondary N) is 1. The maximum absolute atomic E-state index is 6.66. The molecule has 0 saturated carbocycles. The van der Waals surface area contributed by atoms with Crippen LogP contribution in [0.4, 0.5) is 0 Å². The van der Waals surface area contributed by atoms with E-state index in [2.05, 4.69) is 86.4 Å². The minimum atomic E-state index is -1.96. The van der Waals surface area contributed by atoms with Gasteiger partial charge in [0.1, 0.15) is 8.07 Å². The summed E-state index contributed by atoms with van der Waals surface area (Å²) in [7, 11) is -1.96. The third-order valence-electron chi connectivity index (χ3n) is 4.23. The van der Waals surface area contributed by atoms with Gasteiger partial charge in [-0.3, -0.25) is 0 Å². The predicted octanol–water partition coefficient (Wildman–Crippen LogP) is 1.74. The van der Waals surface area contributed by atoms with Gasteiger partial charge in [0.05, 0.1) is 0 Å². The molecule has 2 rings (SSSR count). The molecule has 0 fully saturated rings. The quantitative estimate of drug-likeness (QED) is 0.797. The second-order valence-corrected chi connectivity index (χ2v) is 10.4. The van der Waals surface area contributed by atoms with E-state index in [1.807, 2.05) is 0 Å². The number of rotatable bonds is 6. The van der Waals surface area contributed by atoms with E-state index in [0.717, 1.165) is 6.54 Å². The highest BCUT2D eigenvalue weighted by atomic mass is 28.3. The Bertz CT molecular complexity index is 500. The minimum absolute atomic E-state index is 0.143. The molecular weight excluding hydrogens is 272 g/mol. The zero-order chi connectivity index (χ0) is 15.3. The molecule has 0 radical (unpaired) electrons. The highest BCUT2D eigenvalue weighted by Crippen LogP contribution is 2.09. The third-order valence-corrected chi connectivity index (χ3v) is 8.99. The third kappa shape index (κ3) is 3.62. The van der Waals surface area contributed by atoms with Gasteiger partial charge < -0.3 is 11.1 Å².